The first kappa shape index (κ1) is 20.7. The Morgan fingerprint density at radius 1 is 1.22 bits per heavy atom. The molecule has 0 spiro atoms. The van der Waals surface area contributed by atoms with Crippen LogP contribution in [-0.2, 0) is 16.6 Å². The van der Waals surface area contributed by atoms with Crippen molar-refractivity contribution in [2.45, 2.75) is 18.4 Å². The second kappa shape index (κ2) is 9.34. The molecule has 0 aliphatic carbocycles. The lowest BCUT2D eigenvalue weighted by Gasteiger charge is -2.22. The topological polar surface area (TPSA) is 75.7 Å². The summed E-state index contributed by atoms with van der Waals surface area (Å²) in [7, 11) is -2.03. The van der Waals surface area contributed by atoms with E-state index in [4.69, 9.17) is 4.74 Å². The van der Waals surface area contributed by atoms with Crippen LogP contribution in [0.2, 0.25) is 0 Å². The number of hydrogen-bond donors (Lipinski definition) is 1. The molecule has 0 radical (unpaired) electrons. The Morgan fingerprint density at radius 2 is 1.93 bits per heavy atom. The molecule has 144 valence electrons. The zero-order chi connectivity index (χ0) is 19.9. The van der Waals surface area contributed by atoms with Crippen LogP contribution in [0.4, 0.5) is 0 Å². The third kappa shape index (κ3) is 5.42. The first-order valence-corrected chi connectivity index (χ1v) is 10.0. The first-order chi connectivity index (χ1) is 12.9. The van der Waals surface area contributed by atoms with Crippen molar-refractivity contribution in [1.29, 1.82) is 0 Å². The van der Waals surface area contributed by atoms with Gasteiger partial charge in [-0.3, -0.25) is 4.79 Å². The molecule has 2 rings (SSSR count). The molecule has 2 aromatic rings. The number of amides is 1. The number of methoxy groups -OCH3 is 1. The van der Waals surface area contributed by atoms with Crippen LogP contribution in [0.5, 0.6) is 5.75 Å². The molecule has 0 aliphatic rings. The average Bonchev–Trinajstić information content (AvgIpc) is 2.68. The van der Waals surface area contributed by atoms with Gasteiger partial charge in [-0.05, 0) is 35.9 Å². The van der Waals surface area contributed by atoms with E-state index in [1.807, 2.05) is 24.3 Å². The summed E-state index contributed by atoms with van der Waals surface area (Å²) in [6.45, 7) is 6.40. The largest absolute Gasteiger partial charge is 0.497 e. The Kier molecular flexibility index (Phi) is 7.15. The summed E-state index contributed by atoms with van der Waals surface area (Å²) >= 11 is 0. The first-order valence-electron chi connectivity index (χ1n) is 8.54. The molecule has 2 aromatic carbocycles. The molecule has 7 heteroatoms. The van der Waals surface area contributed by atoms with Crippen LogP contribution < -0.4 is 9.46 Å². The van der Waals surface area contributed by atoms with Gasteiger partial charge in [-0.15, -0.1) is 6.58 Å². The molecular weight excluding hydrogens is 364 g/mol. The summed E-state index contributed by atoms with van der Waals surface area (Å²) in [4.78, 5) is 14.6. The van der Waals surface area contributed by atoms with Gasteiger partial charge in [-0.25, -0.2) is 13.1 Å². The van der Waals surface area contributed by atoms with Crippen LogP contribution in [-0.4, -0.2) is 39.4 Å². The van der Waals surface area contributed by atoms with Gasteiger partial charge < -0.3 is 9.64 Å². The van der Waals surface area contributed by atoms with Crippen molar-refractivity contribution in [1.82, 2.24) is 9.62 Å². The van der Waals surface area contributed by atoms with Crippen molar-refractivity contribution in [2.75, 3.05) is 20.2 Å². The zero-order valence-corrected chi connectivity index (χ0v) is 16.3. The summed E-state index contributed by atoms with van der Waals surface area (Å²) in [5.74, 6) is 0.473. The predicted octanol–water partition coefficient (Wildman–Crippen LogP) is 2.82. The molecule has 0 bridgehead atoms. The molecule has 0 aromatic heterocycles. The minimum Gasteiger partial charge on any atom is -0.497 e. The number of benzene rings is 2. The van der Waals surface area contributed by atoms with E-state index in [0.717, 1.165) is 11.3 Å². The van der Waals surface area contributed by atoms with Crippen LogP contribution in [0.25, 0.3) is 0 Å². The molecule has 1 amide bonds. The van der Waals surface area contributed by atoms with Gasteiger partial charge in [-0.1, -0.05) is 31.2 Å². The molecule has 0 unspecified atom stereocenters. The van der Waals surface area contributed by atoms with Crippen molar-refractivity contribution in [2.24, 2.45) is 0 Å². The van der Waals surface area contributed by atoms with Gasteiger partial charge in [0.05, 0.1) is 12.0 Å². The second-order valence-electron chi connectivity index (χ2n) is 5.85. The Labute approximate surface area is 160 Å². The number of carbonyl (C=O) groups excluding carboxylic acids is 1. The lowest BCUT2D eigenvalue weighted by molar-refractivity contribution is 0.0762. The van der Waals surface area contributed by atoms with E-state index in [-0.39, 0.29) is 17.3 Å². The lowest BCUT2D eigenvalue weighted by atomic mass is 10.1. The molecule has 0 saturated heterocycles. The van der Waals surface area contributed by atoms with Crippen molar-refractivity contribution in [3.8, 4) is 5.75 Å². The van der Waals surface area contributed by atoms with Crippen LogP contribution in [0.15, 0.2) is 66.1 Å². The third-order valence-electron chi connectivity index (χ3n) is 3.89. The molecule has 0 fully saturated rings. The Hall–Kier alpha value is -2.64. The second-order valence-corrected chi connectivity index (χ2v) is 7.62. The van der Waals surface area contributed by atoms with Gasteiger partial charge >= 0.3 is 0 Å². The monoisotopic (exact) mass is 388 g/mol. The summed E-state index contributed by atoms with van der Waals surface area (Å²) < 4.78 is 32.0. The van der Waals surface area contributed by atoms with Gasteiger partial charge in [-0.2, -0.15) is 0 Å². The smallest absolute Gasteiger partial charge is 0.254 e. The van der Waals surface area contributed by atoms with E-state index >= 15 is 0 Å². The Morgan fingerprint density at radius 3 is 2.52 bits per heavy atom. The van der Waals surface area contributed by atoms with Crippen molar-refractivity contribution >= 4 is 15.9 Å². The van der Waals surface area contributed by atoms with Crippen LogP contribution in [0.1, 0.15) is 22.8 Å². The number of nitrogens with zero attached hydrogens (tertiary/aromatic N) is 1. The van der Waals surface area contributed by atoms with E-state index in [1.54, 1.807) is 37.1 Å². The third-order valence-corrected chi connectivity index (χ3v) is 5.44. The number of hydrogen-bond acceptors (Lipinski definition) is 4. The highest BCUT2D eigenvalue weighted by molar-refractivity contribution is 7.89. The maximum Gasteiger partial charge on any atom is 0.254 e. The molecule has 0 atom stereocenters. The van der Waals surface area contributed by atoms with E-state index in [1.165, 1.54) is 12.1 Å². The highest BCUT2D eigenvalue weighted by Gasteiger charge is 2.19. The summed E-state index contributed by atoms with van der Waals surface area (Å²) in [5, 5.41) is 0. The van der Waals surface area contributed by atoms with Gasteiger partial charge in [0, 0.05) is 25.2 Å². The van der Waals surface area contributed by atoms with Gasteiger partial charge in [0.25, 0.3) is 5.91 Å². The summed E-state index contributed by atoms with van der Waals surface area (Å²) in [6.07, 6.45) is 1.64. The molecule has 6 nitrogen and oxygen atoms in total. The van der Waals surface area contributed by atoms with Crippen LogP contribution >= 0.6 is 0 Å². The molecular formula is C20H24N2O4S. The van der Waals surface area contributed by atoms with E-state index in [9.17, 15) is 13.2 Å². The zero-order valence-electron chi connectivity index (χ0n) is 15.5. The number of sulfonamides is 1. The Balaban J connectivity index is 2.26. The minimum absolute atomic E-state index is 0.0678. The van der Waals surface area contributed by atoms with Crippen molar-refractivity contribution in [3.05, 3.63) is 72.3 Å². The average molecular weight is 388 g/mol. The fraction of sp³-hybridized carbons (Fsp3) is 0.250. The van der Waals surface area contributed by atoms with Crippen LogP contribution in [0.3, 0.4) is 0 Å². The maximum absolute atomic E-state index is 12.9. The Bertz CT molecular complexity index is 892. The highest BCUT2D eigenvalue weighted by atomic mass is 32.2. The molecule has 0 heterocycles. The fourth-order valence-corrected chi connectivity index (χ4v) is 3.67. The summed E-state index contributed by atoms with van der Waals surface area (Å²) in [5.41, 5.74) is 1.24. The SMILES string of the molecule is C=CCN(Cc1ccc(OC)cc1)C(=O)c1cccc(S(=O)(=O)NCC)c1. The van der Waals surface area contributed by atoms with Gasteiger partial charge in [0.2, 0.25) is 10.0 Å². The van der Waals surface area contributed by atoms with Gasteiger partial charge in [0.15, 0.2) is 0 Å². The standard InChI is InChI=1S/C20H24N2O4S/c1-4-13-22(15-16-9-11-18(26-3)12-10-16)20(23)17-7-6-8-19(14-17)27(24,25)21-5-2/h4,6-12,14,21H,1,5,13,15H2,2-3H3. The van der Waals surface area contributed by atoms with Crippen molar-refractivity contribution in [3.63, 3.8) is 0 Å². The molecule has 27 heavy (non-hydrogen) atoms. The van der Waals surface area contributed by atoms with Gasteiger partial charge in [0.1, 0.15) is 5.75 Å². The number of carbonyl (C=O) groups is 1. The lowest BCUT2D eigenvalue weighted by Crippen LogP contribution is -2.31. The van der Waals surface area contributed by atoms with E-state index in [0.29, 0.717) is 18.7 Å². The van der Waals surface area contributed by atoms with Crippen molar-refractivity contribution < 1.29 is 17.9 Å². The number of nitrogens with one attached hydrogen (secondary N) is 1. The minimum atomic E-state index is -3.63. The molecule has 0 saturated carbocycles. The predicted molar refractivity (Wildman–Crippen MR) is 105 cm³/mol. The molecule has 1 N–H and O–H groups in total. The number of ether oxygens (including phenoxy) is 1. The van der Waals surface area contributed by atoms with E-state index < -0.39 is 10.0 Å². The maximum atomic E-state index is 12.9. The van der Waals surface area contributed by atoms with E-state index in [2.05, 4.69) is 11.3 Å². The highest BCUT2D eigenvalue weighted by Crippen LogP contribution is 2.17. The normalized spacial score (nSPS) is 11.0. The van der Waals surface area contributed by atoms with Crippen LogP contribution in [0, 0.1) is 0 Å². The molecule has 0 aliphatic heterocycles. The number of rotatable bonds is 9. The fourth-order valence-electron chi connectivity index (χ4n) is 2.58. The quantitative estimate of drug-likeness (QED) is 0.670. The summed E-state index contributed by atoms with van der Waals surface area (Å²) in [6, 6.07) is 13.5.